The highest BCUT2D eigenvalue weighted by atomic mass is 32.2. The number of ether oxygens (including phenoxy) is 2. The van der Waals surface area contributed by atoms with Gasteiger partial charge in [0.15, 0.2) is 11.5 Å². The molecule has 0 aromatic heterocycles. The highest BCUT2D eigenvalue weighted by Crippen LogP contribution is 2.33. The molecule has 1 aliphatic rings. The van der Waals surface area contributed by atoms with Crippen LogP contribution in [0.5, 0.6) is 11.5 Å². The number of carbonyl (C=O) groups excluding carboxylic acids is 2. The van der Waals surface area contributed by atoms with Gasteiger partial charge in [0, 0.05) is 18.7 Å². The lowest BCUT2D eigenvalue weighted by Gasteiger charge is -2.34. The molecule has 44 heavy (non-hydrogen) atoms. The zero-order valence-electron chi connectivity index (χ0n) is 26.2. The van der Waals surface area contributed by atoms with Gasteiger partial charge < -0.3 is 19.7 Å². The molecule has 10 heteroatoms. The van der Waals surface area contributed by atoms with Crippen molar-refractivity contribution in [2.24, 2.45) is 0 Å². The predicted octanol–water partition coefficient (Wildman–Crippen LogP) is 5.38. The standard InChI is InChI=1S/C34H43N3O6S/c1-6-30(34(39)35-27-14-10-11-15-27)36(22-26-12-8-7-9-13-26)33(38)23-37(28-19-24(2)18-25(3)20-28)44(40,41)29-16-17-31(42-4)32(21-29)43-5/h7-9,12-13,16-21,27,30H,6,10-11,14-15,22-23H2,1-5H3,(H,35,39). The average Bonchev–Trinajstić information content (AvgIpc) is 3.52. The minimum atomic E-state index is -4.27. The van der Waals surface area contributed by atoms with E-state index >= 15 is 0 Å². The normalized spacial score (nSPS) is 14.1. The first-order valence-corrected chi connectivity index (χ1v) is 16.5. The van der Waals surface area contributed by atoms with Gasteiger partial charge in [0.1, 0.15) is 12.6 Å². The number of nitrogens with one attached hydrogen (secondary N) is 1. The molecule has 0 bridgehead atoms. The quantitative estimate of drug-likeness (QED) is 0.275. The molecule has 236 valence electrons. The summed E-state index contributed by atoms with van der Waals surface area (Å²) < 4.78 is 40.5. The largest absolute Gasteiger partial charge is 0.493 e. The summed E-state index contributed by atoms with van der Waals surface area (Å²) in [7, 11) is -1.36. The Morgan fingerprint density at radius 3 is 2.14 bits per heavy atom. The van der Waals surface area contributed by atoms with Crippen molar-refractivity contribution >= 4 is 27.5 Å². The fourth-order valence-electron chi connectivity index (χ4n) is 5.79. The zero-order valence-corrected chi connectivity index (χ0v) is 27.0. The molecule has 1 N–H and O–H groups in total. The fourth-order valence-corrected chi connectivity index (χ4v) is 7.21. The van der Waals surface area contributed by atoms with Crippen molar-refractivity contribution in [3.63, 3.8) is 0 Å². The summed E-state index contributed by atoms with van der Waals surface area (Å²) in [6, 6.07) is 18.5. The van der Waals surface area contributed by atoms with Crippen LogP contribution in [0.4, 0.5) is 5.69 Å². The molecule has 3 aromatic rings. The van der Waals surface area contributed by atoms with Crippen molar-refractivity contribution < 1.29 is 27.5 Å². The minimum absolute atomic E-state index is 0.0530. The summed E-state index contributed by atoms with van der Waals surface area (Å²) in [5.74, 6) is -0.0657. The van der Waals surface area contributed by atoms with E-state index in [1.165, 1.54) is 37.3 Å². The Morgan fingerprint density at radius 2 is 1.55 bits per heavy atom. The number of hydrogen-bond donors (Lipinski definition) is 1. The second kappa shape index (κ2) is 14.6. The number of nitrogens with zero attached hydrogens (tertiary/aromatic N) is 2. The first-order chi connectivity index (χ1) is 21.1. The molecule has 2 amide bonds. The van der Waals surface area contributed by atoms with Crippen molar-refractivity contribution in [3.8, 4) is 11.5 Å². The van der Waals surface area contributed by atoms with E-state index in [-0.39, 0.29) is 29.1 Å². The van der Waals surface area contributed by atoms with Gasteiger partial charge in [0.25, 0.3) is 10.0 Å². The number of sulfonamides is 1. The lowest BCUT2D eigenvalue weighted by atomic mass is 10.1. The van der Waals surface area contributed by atoms with Crippen LogP contribution < -0.4 is 19.1 Å². The van der Waals surface area contributed by atoms with Crippen LogP contribution in [0.15, 0.2) is 71.6 Å². The molecule has 4 rings (SSSR count). The van der Waals surface area contributed by atoms with Crippen molar-refractivity contribution in [3.05, 3.63) is 83.4 Å². The molecule has 1 unspecified atom stereocenters. The summed E-state index contributed by atoms with van der Waals surface area (Å²) in [5, 5.41) is 3.14. The van der Waals surface area contributed by atoms with E-state index in [1.54, 1.807) is 12.1 Å². The van der Waals surface area contributed by atoms with Gasteiger partial charge in [-0.05, 0) is 74.1 Å². The second-order valence-electron chi connectivity index (χ2n) is 11.3. The first-order valence-electron chi connectivity index (χ1n) is 15.0. The second-order valence-corrected chi connectivity index (χ2v) is 13.2. The molecular weight excluding hydrogens is 578 g/mol. The van der Waals surface area contributed by atoms with Crippen molar-refractivity contribution in [1.82, 2.24) is 10.2 Å². The van der Waals surface area contributed by atoms with E-state index < -0.39 is 28.5 Å². The van der Waals surface area contributed by atoms with E-state index in [0.717, 1.165) is 46.7 Å². The number of carbonyl (C=O) groups is 2. The number of amides is 2. The number of benzene rings is 3. The summed E-state index contributed by atoms with van der Waals surface area (Å²) in [4.78, 5) is 29.4. The lowest BCUT2D eigenvalue weighted by molar-refractivity contribution is -0.140. The van der Waals surface area contributed by atoms with Crippen molar-refractivity contribution in [2.75, 3.05) is 25.1 Å². The van der Waals surface area contributed by atoms with Crippen LogP contribution in [0.2, 0.25) is 0 Å². The van der Waals surface area contributed by atoms with Crippen LogP contribution in [-0.4, -0.2) is 58.0 Å². The van der Waals surface area contributed by atoms with Crippen LogP contribution in [0.3, 0.4) is 0 Å². The summed E-state index contributed by atoms with van der Waals surface area (Å²) in [6.45, 7) is 5.28. The van der Waals surface area contributed by atoms with Gasteiger partial charge in [-0.15, -0.1) is 0 Å². The van der Waals surface area contributed by atoms with Gasteiger partial charge in [-0.25, -0.2) is 8.42 Å². The van der Waals surface area contributed by atoms with Gasteiger partial charge in [-0.1, -0.05) is 56.2 Å². The van der Waals surface area contributed by atoms with E-state index in [1.807, 2.05) is 57.2 Å². The van der Waals surface area contributed by atoms with Crippen molar-refractivity contribution in [2.45, 2.75) is 76.4 Å². The van der Waals surface area contributed by atoms with Gasteiger partial charge in [0.2, 0.25) is 11.8 Å². The smallest absolute Gasteiger partial charge is 0.264 e. The summed E-state index contributed by atoms with van der Waals surface area (Å²) in [5.41, 5.74) is 2.90. The maximum absolute atomic E-state index is 14.3. The van der Waals surface area contributed by atoms with Crippen LogP contribution in [-0.2, 0) is 26.2 Å². The highest BCUT2D eigenvalue weighted by Gasteiger charge is 2.35. The Kier molecular flexibility index (Phi) is 10.9. The van der Waals surface area contributed by atoms with Crippen LogP contribution in [0.1, 0.15) is 55.7 Å². The maximum atomic E-state index is 14.3. The molecule has 1 atom stereocenters. The number of methoxy groups -OCH3 is 2. The van der Waals surface area contributed by atoms with Gasteiger partial charge in [-0.2, -0.15) is 0 Å². The molecule has 1 saturated carbocycles. The highest BCUT2D eigenvalue weighted by molar-refractivity contribution is 7.92. The molecule has 0 saturated heterocycles. The third-order valence-electron chi connectivity index (χ3n) is 8.00. The molecular formula is C34H43N3O6S. The minimum Gasteiger partial charge on any atom is -0.493 e. The Labute approximate surface area is 261 Å². The van der Waals surface area contributed by atoms with Gasteiger partial charge >= 0.3 is 0 Å². The number of rotatable bonds is 13. The molecule has 1 aliphatic carbocycles. The Morgan fingerprint density at radius 1 is 0.909 bits per heavy atom. The van der Waals surface area contributed by atoms with Crippen LogP contribution >= 0.6 is 0 Å². The Balaban J connectivity index is 1.76. The summed E-state index contributed by atoms with van der Waals surface area (Å²) >= 11 is 0. The van der Waals surface area contributed by atoms with E-state index in [4.69, 9.17) is 9.47 Å². The van der Waals surface area contributed by atoms with Gasteiger partial charge in [-0.3, -0.25) is 13.9 Å². The molecule has 3 aromatic carbocycles. The molecule has 0 radical (unpaired) electrons. The monoisotopic (exact) mass is 621 g/mol. The van der Waals surface area contributed by atoms with Crippen molar-refractivity contribution in [1.29, 1.82) is 0 Å². The average molecular weight is 622 g/mol. The molecule has 9 nitrogen and oxygen atoms in total. The third-order valence-corrected chi connectivity index (χ3v) is 9.77. The lowest BCUT2D eigenvalue weighted by Crippen LogP contribution is -2.53. The summed E-state index contributed by atoms with van der Waals surface area (Å²) in [6.07, 6.45) is 4.33. The third kappa shape index (κ3) is 7.72. The van der Waals surface area contributed by atoms with Crippen LogP contribution in [0.25, 0.3) is 0 Å². The Bertz CT molecular complexity index is 1530. The van der Waals surface area contributed by atoms with E-state index in [9.17, 15) is 18.0 Å². The SMILES string of the molecule is CCC(C(=O)NC1CCCC1)N(Cc1ccccc1)C(=O)CN(c1cc(C)cc(C)c1)S(=O)(=O)c1ccc(OC)c(OC)c1. The van der Waals surface area contributed by atoms with E-state index in [2.05, 4.69) is 5.32 Å². The maximum Gasteiger partial charge on any atom is 0.264 e. The number of anilines is 1. The zero-order chi connectivity index (χ0) is 31.9. The molecule has 0 aliphatic heterocycles. The molecule has 1 fully saturated rings. The fraction of sp³-hybridized carbons (Fsp3) is 0.412. The number of aryl methyl sites for hydroxylation is 2. The predicted molar refractivity (Wildman–Crippen MR) is 171 cm³/mol. The van der Waals surface area contributed by atoms with E-state index in [0.29, 0.717) is 17.9 Å². The molecule has 0 spiro atoms. The van der Waals surface area contributed by atoms with Gasteiger partial charge in [0.05, 0.1) is 24.8 Å². The topological polar surface area (TPSA) is 105 Å². The molecule has 0 heterocycles. The number of hydrogen-bond acceptors (Lipinski definition) is 6. The van der Waals surface area contributed by atoms with Crippen LogP contribution in [0, 0.1) is 13.8 Å². The Hall–Kier alpha value is -4.05. The first kappa shape index (κ1) is 32.9.